The fraction of sp³-hybridized carbons (Fsp3) is 0.429. The van der Waals surface area contributed by atoms with Gasteiger partial charge in [-0.15, -0.1) is 0 Å². The van der Waals surface area contributed by atoms with Crippen LogP contribution in [0.3, 0.4) is 0 Å². The molecule has 0 aliphatic rings. The van der Waals surface area contributed by atoms with Gasteiger partial charge in [0.15, 0.2) is 0 Å². The summed E-state index contributed by atoms with van der Waals surface area (Å²) in [6.07, 6.45) is 7.57. The van der Waals surface area contributed by atoms with E-state index in [0.29, 0.717) is 6.04 Å². The molecule has 0 bridgehead atoms. The minimum absolute atomic E-state index is 0.549. The normalized spacial score (nSPS) is 11.1. The number of hydrogen-bond donors (Lipinski definition) is 2. The Morgan fingerprint density at radius 1 is 1.33 bits per heavy atom. The highest BCUT2D eigenvalue weighted by molar-refractivity contribution is 5.56. The monoisotopic (exact) mass is 244 g/mol. The summed E-state index contributed by atoms with van der Waals surface area (Å²) in [7, 11) is 0. The van der Waals surface area contributed by atoms with Crippen molar-refractivity contribution in [2.24, 2.45) is 0 Å². The summed E-state index contributed by atoms with van der Waals surface area (Å²) in [6, 6.07) is 4.51. The molecule has 4 nitrogen and oxygen atoms in total. The molecule has 4 heteroatoms. The van der Waals surface area contributed by atoms with Gasteiger partial charge in [-0.2, -0.15) is 0 Å². The SMILES string of the molecule is CC(C)NCCCc1ncc(-c2cccnc2)[nH]1. The van der Waals surface area contributed by atoms with E-state index in [4.69, 9.17) is 0 Å². The van der Waals surface area contributed by atoms with E-state index in [1.807, 2.05) is 24.5 Å². The number of pyridine rings is 1. The van der Waals surface area contributed by atoms with Crippen molar-refractivity contribution >= 4 is 0 Å². The molecule has 0 aliphatic carbocycles. The zero-order chi connectivity index (χ0) is 12.8. The maximum atomic E-state index is 4.40. The summed E-state index contributed by atoms with van der Waals surface area (Å²) in [6.45, 7) is 5.35. The third-order valence-electron chi connectivity index (χ3n) is 2.74. The number of imidazole rings is 1. The average Bonchev–Trinajstić information content (AvgIpc) is 2.84. The molecule has 0 spiro atoms. The molecule has 0 fully saturated rings. The van der Waals surface area contributed by atoms with Gasteiger partial charge in [0.05, 0.1) is 11.9 Å². The van der Waals surface area contributed by atoms with Crippen LogP contribution in [0.15, 0.2) is 30.7 Å². The number of aromatic nitrogens is 3. The van der Waals surface area contributed by atoms with Crippen LogP contribution in [-0.2, 0) is 6.42 Å². The molecule has 0 aromatic carbocycles. The standard InChI is InChI=1S/C14H20N4/c1-11(2)16-8-4-6-14-17-10-13(18-14)12-5-3-7-15-9-12/h3,5,7,9-11,16H,4,6,8H2,1-2H3,(H,17,18). The van der Waals surface area contributed by atoms with E-state index in [-0.39, 0.29) is 0 Å². The van der Waals surface area contributed by atoms with E-state index in [1.165, 1.54) is 0 Å². The molecule has 0 unspecified atom stereocenters. The number of H-pyrrole nitrogens is 1. The first-order chi connectivity index (χ1) is 8.75. The van der Waals surface area contributed by atoms with Gasteiger partial charge in [-0.3, -0.25) is 4.98 Å². The lowest BCUT2D eigenvalue weighted by Crippen LogP contribution is -2.24. The van der Waals surface area contributed by atoms with Gasteiger partial charge in [-0.1, -0.05) is 13.8 Å². The van der Waals surface area contributed by atoms with Crippen LogP contribution in [0.4, 0.5) is 0 Å². The summed E-state index contributed by atoms with van der Waals surface area (Å²) in [5, 5.41) is 3.40. The van der Waals surface area contributed by atoms with Crippen LogP contribution in [0, 0.1) is 0 Å². The molecular weight excluding hydrogens is 224 g/mol. The maximum absolute atomic E-state index is 4.40. The molecule has 2 rings (SSSR count). The minimum atomic E-state index is 0.549. The zero-order valence-electron chi connectivity index (χ0n) is 11.0. The first-order valence-corrected chi connectivity index (χ1v) is 6.43. The molecule has 2 N–H and O–H groups in total. The number of aromatic amines is 1. The van der Waals surface area contributed by atoms with Crippen LogP contribution in [-0.4, -0.2) is 27.5 Å². The Kier molecular flexibility index (Phi) is 4.47. The highest BCUT2D eigenvalue weighted by atomic mass is 14.9. The second kappa shape index (κ2) is 6.31. The third kappa shape index (κ3) is 3.67. The zero-order valence-corrected chi connectivity index (χ0v) is 11.0. The number of nitrogens with zero attached hydrogens (tertiary/aromatic N) is 2. The van der Waals surface area contributed by atoms with Gasteiger partial charge >= 0.3 is 0 Å². The Labute approximate surface area is 108 Å². The van der Waals surface area contributed by atoms with Crippen molar-refractivity contribution in [2.45, 2.75) is 32.7 Å². The van der Waals surface area contributed by atoms with Crippen LogP contribution in [0.5, 0.6) is 0 Å². The van der Waals surface area contributed by atoms with E-state index >= 15 is 0 Å². The van der Waals surface area contributed by atoms with Crippen LogP contribution < -0.4 is 5.32 Å². The van der Waals surface area contributed by atoms with Crippen molar-refractivity contribution in [1.29, 1.82) is 0 Å². The molecular formula is C14H20N4. The molecule has 0 aliphatic heterocycles. The summed E-state index contributed by atoms with van der Waals surface area (Å²) in [5.74, 6) is 1.04. The van der Waals surface area contributed by atoms with Gasteiger partial charge in [-0.25, -0.2) is 4.98 Å². The second-order valence-corrected chi connectivity index (χ2v) is 4.70. The Balaban J connectivity index is 1.87. The second-order valence-electron chi connectivity index (χ2n) is 4.70. The Bertz CT molecular complexity index is 462. The molecule has 0 saturated carbocycles. The van der Waals surface area contributed by atoms with Crippen molar-refractivity contribution in [3.63, 3.8) is 0 Å². The van der Waals surface area contributed by atoms with Gasteiger partial charge < -0.3 is 10.3 Å². The van der Waals surface area contributed by atoms with E-state index in [2.05, 4.69) is 34.1 Å². The summed E-state index contributed by atoms with van der Waals surface area (Å²) in [5.41, 5.74) is 2.12. The molecule has 18 heavy (non-hydrogen) atoms. The first kappa shape index (κ1) is 12.8. The van der Waals surface area contributed by atoms with Gasteiger partial charge in [0.2, 0.25) is 0 Å². The molecule has 0 atom stereocenters. The van der Waals surface area contributed by atoms with Gasteiger partial charge in [0.1, 0.15) is 5.82 Å². The lowest BCUT2D eigenvalue weighted by atomic mass is 10.2. The molecule has 0 saturated heterocycles. The summed E-state index contributed by atoms with van der Waals surface area (Å²) >= 11 is 0. The fourth-order valence-corrected chi connectivity index (χ4v) is 1.80. The van der Waals surface area contributed by atoms with E-state index in [9.17, 15) is 0 Å². The van der Waals surface area contributed by atoms with E-state index in [1.54, 1.807) is 6.20 Å². The molecule has 2 aromatic heterocycles. The van der Waals surface area contributed by atoms with Crippen molar-refractivity contribution in [3.05, 3.63) is 36.5 Å². The molecule has 0 radical (unpaired) electrons. The topological polar surface area (TPSA) is 53.6 Å². The Morgan fingerprint density at radius 3 is 2.94 bits per heavy atom. The smallest absolute Gasteiger partial charge is 0.106 e. The third-order valence-corrected chi connectivity index (χ3v) is 2.74. The number of aryl methyl sites for hydroxylation is 1. The Morgan fingerprint density at radius 2 is 2.22 bits per heavy atom. The van der Waals surface area contributed by atoms with Gasteiger partial charge in [0, 0.05) is 30.4 Å². The van der Waals surface area contributed by atoms with Gasteiger partial charge in [-0.05, 0) is 25.1 Å². The van der Waals surface area contributed by atoms with Crippen LogP contribution in [0.1, 0.15) is 26.1 Å². The highest BCUT2D eigenvalue weighted by Crippen LogP contribution is 2.15. The quantitative estimate of drug-likeness (QED) is 0.767. The van der Waals surface area contributed by atoms with Crippen LogP contribution >= 0.6 is 0 Å². The maximum Gasteiger partial charge on any atom is 0.106 e. The predicted molar refractivity (Wildman–Crippen MR) is 73.3 cm³/mol. The van der Waals surface area contributed by atoms with E-state index < -0.39 is 0 Å². The fourth-order valence-electron chi connectivity index (χ4n) is 1.80. The van der Waals surface area contributed by atoms with Crippen molar-refractivity contribution in [3.8, 4) is 11.3 Å². The number of nitrogens with one attached hydrogen (secondary N) is 2. The molecule has 2 heterocycles. The number of hydrogen-bond acceptors (Lipinski definition) is 3. The van der Waals surface area contributed by atoms with Crippen molar-refractivity contribution in [2.75, 3.05) is 6.54 Å². The molecule has 2 aromatic rings. The average molecular weight is 244 g/mol. The van der Waals surface area contributed by atoms with E-state index in [0.717, 1.165) is 36.5 Å². The lowest BCUT2D eigenvalue weighted by molar-refractivity contribution is 0.567. The predicted octanol–water partition coefficient (Wildman–Crippen LogP) is 2.40. The first-order valence-electron chi connectivity index (χ1n) is 6.43. The number of rotatable bonds is 6. The highest BCUT2D eigenvalue weighted by Gasteiger charge is 2.03. The lowest BCUT2D eigenvalue weighted by Gasteiger charge is -2.06. The summed E-state index contributed by atoms with van der Waals surface area (Å²) in [4.78, 5) is 11.8. The summed E-state index contributed by atoms with van der Waals surface area (Å²) < 4.78 is 0. The van der Waals surface area contributed by atoms with Crippen molar-refractivity contribution < 1.29 is 0 Å². The molecule has 96 valence electrons. The van der Waals surface area contributed by atoms with Gasteiger partial charge in [0.25, 0.3) is 0 Å². The Hall–Kier alpha value is -1.68. The van der Waals surface area contributed by atoms with Crippen molar-refractivity contribution in [1.82, 2.24) is 20.3 Å². The minimum Gasteiger partial charge on any atom is -0.342 e. The molecule has 0 amide bonds. The van der Waals surface area contributed by atoms with Crippen LogP contribution in [0.25, 0.3) is 11.3 Å². The van der Waals surface area contributed by atoms with Crippen LogP contribution in [0.2, 0.25) is 0 Å². The largest absolute Gasteiger partial charge is 0.342 e.